The van der Waals surface area contributed by atoms with Crippen LogP contribution in [0.25, 0.3) is 11.0 Å². The second kappa shape index (κ2) is 7.00. The normalized spacial score (nSPS) is 10.7. The van der Waals surface area contributed by atoms with E-state index in [0.717, 1.165) is 0 Å². The molecule has 2 aromatic heterocycles. The highest BCUT2D eigenvalue weighted by atomic mass is 16.4. The molecule has 1 aromatic carbocycles. The van der Waals surface area contributed by atoms with E-state index in [2.05, 4.69) is 10.4 Å². The number of para-hydroxylation sites is 1. The van der Waals surface area contributed by atoms with Crippen molar-refractivity contribution in [3.63, 3.8) is 0 Å². The van der Waals surface area contributed by atoms with Crippen LogP contribution in [-0.2, 0) is 11.3 Å². The Bertz CT molecular complexity index is 989. The van der Waals surface area contributed by atoms with Gasteiger partial charge in [0.15, 0.2) is 0 Å². The lowest BCUT2D eigenvalue weighted by Crippen LogP contribution is -2.20. The second-order valence-corrected chi connectivity index (χ2v) is 5.43. The molecule has 0 bridgehead atoms. The highest BCUT2D eigenvalue weighted by Gasteiger charge is 2.14. The molecule has 8 nitrogen and oxygen atoms in total. The molecule has 0 saturated heterocycles. The number of amides is 1. The minimum absolute atomic E-state index is 0.0414. The molecule has 3 rings (SSSR count). The monoisotopic (exact) mass is 341 g/mol. The van der Waals surface area contributed by atoms with Crippen molar-refractivity contribution in [2.75, 3.05) is 5.32 Å². The van der Waals surface area contributed by atoms with Crippen molar-refractivity contribution in [3.05, 3.63) is 58.7 Å². The van der Waals surface area contributed by atoms with E-state index in [4.69, 9.17) is 9.52 Å². The number of carboxylic acid groups (broad SMARTS) is 1. The fraction of sp³-hybridized carbons (Fsp3) is 0.176. The molecule has 0 aliphatic heterocycles. The van der Waals surface area contributed by atoms with E-state index in [1.165, 1.54) is 16.9 Å². The second-order valence-electron chi connectivity index (χ2n) is 5.43. The highest BCUT2D eigenvalue weighted by molar-refractivity contribution is 6.05. The maximum atomic E-state index is 12.3. The summed E-state index contributed by atoms with van der Waals surface area (Å²) in [6.45, 7) is 0.417. The number of aliphatic carboxylic acids is 1. The van der Waals surface area contributed by atoms with Gasteiger partial charge in [0.05, 0.1) is 11.9 Å². The third kappa shape index (κ3) is 3.92. The van der Waals surface area contributed by atoms with Crippen LogP contribution >= 0.6 is 0 Å². The molecule has 25 heavy (non-hydrogen) atoms. The summed E-state index contributed by atoms with van der Waals surface area (Å²) < 4.78 is 6.67. The maximum Gasteiger partial charge on any atom is 0.349 e. The number of nitrogens with one attached hydrogen (secondary N) is 1. The van der Waals surface area contributed by atoms with Gasteiger partial charge in [0.1, 0.15) is 11.1 Å². The largest absolute Gasteiger partial charge is 0.481 e. The van der Waals surface area contributed by atoms with E-state index in [9.17, 15) is 14.4 Å². The molecule has 0 aliphatic rings. The Morgan fingerprint density at radius 1 is 1.28 bits per heavy atom. The standard InChI is InChI=1S/C17H15N3O5/c21-15(22)6-3-7-20-10-12(9-18-20)19-16(23)13-8-11-4-1-2-5-14(11)25-17(13)24/h1-2,4-5,8-10H,3,6-7H2,(H,19,23)(H,21,22). The van der Waals surface area contributed by atoms with Gasteiger partial charge in [-0.1, -0.05) is 18.2 Å². The molecule has 0 saturated carbocycles. The van der Waals surface area contributed by atoms with Crippen LogP contribution in [0.4, 0.5) is 5.69 Å². The molecular formula is C17H15N3O5. The first kappa shape index (κ1) is 16.4. The van der Waals surface area contributed by atoms with Crippen LogP contribution in [0.2, 0.25) is 0 Å². The molecule has 8 heteroatoms. The predicted molar refractivity (Wildman–Crippen MR) is 89.5 cm³/mol. The zero-order valence-electron chi connectivity index (χ0n) is 13.1. The van der Waals surface area contributed by atoms with Crippen molar-refractivity contribution in [2.24, 2.45) is 0 Å². The zero-order chi connectivity index (χ0) is 17.8. The van der Waals surface area contributed by atoms with Gasteiger partial charge in [-0.15, -0.1) is 0 Å². The lowest BCUT2D eigenvalue weighted by molar-refractivity contribution is -0.137. The molecule has 0 aliphatic carbocycles. The third-order valence-corrected chi connectivity index (χ3v) is 3.56. The van der Waals surface area contributed by atoms with Gasteiger partial charge in [0.25, 0.3) is 5.91 Å². The summed E-state index contributed by atoms with van der Waals surface area (Å²) in [6, 6.07) is 8.40. The third-order valence-electron chi connectivity index (χ3n) is 3.56. The number of benzene rings is 1. The number of aryl methyl sites for hydroxylation is 1. The number of fused-ring (bicyclic) bond motifs is 1. The summed E-state index contributed by atoms with van der Waals surface area (Å²) in [5.74, 6) is -1.46. The molecule has 1 amide bonds. The number of hydrogen-bond donors (Lipinski definition) is 2. The summed E-state index contributed by atoms with van der Waals surface area (Å²) in [4.78, 5) is 34.8. The Hall–Kier alpha value is -3.42. The topological polar surface area (TPSA) is 114 Å². The fourth-order valence-electron chi connectivity index (χ4n) is 2.36. The van der Waals surface area contributed by atoms with Crippen LogP contribution in [0.5, 0.6) is 0 Å². The van der Waals surface area contributed by atoms with Gasteiger partial charge in [0.2, 0.25) is 0 Å². The molecule has 2 heterocycles. The van der Waals surface area contributed by atoms with Crippen molar-refractivity contribution in [3.8, 4) is 0 Å². The summed E-state index contributed by atoms with van der Waals surface area (Å²) in [5, 5.41) is 15.9. The van der Waals surface area contributed by atoms with Gasteiger partial charge in [-0.05, 0) is 18.6 Å². The molecule has 0 atom stereocenters. The molecule has 128 valence electrons. The Balaban J connectivity index is 1.72. The van der Waals surface area contributed by atoms with Gasteiger partial charge in [0, 0.05) is 24.5 Å². The number of carbonyl (C=O) groups is 2. The van der Waals surface area contributed by atoms with Crippen LogP contribution in [0.15, 0.2) is 51.9 Å². The first-order valence-corrected chi connectivity index (χ1v) is 7.61. The highest BCUT2D eigenvalue weighted by Crippen LogP contribution is 2.14. The van der Waals surface area contributed by atoms with E-state index in [-0.39, 0.29) is 12.0 Å². The number of carbonyl (C=O) groups excluding carboxylic acids is 1. The van der Waals surface area contributed by atoms with E-state index in [0.29, 0.717) is 29.6 Å². The Morgan fingerprint density at radius 3 is 2.88 bits per heavy atom. The zero-order valence-corrected chi connectivity index (χ0v) is 13.1. The van der Waals surface area contributed by atoms with Gasteiger partial charge < -0.3 is 14.8 Å². The minimum atomic E-state index is -0.872. The molecule has 2 N–H and O–H groups in total. The predicted octanol–water partition coefficient (Wildman–Crippen LogP) is 2.11. The lowest BCUT2D eigenvalue weighted by atomic mass is 10.2. The Labute approximate surface area is 141 Å². The lowest BCUT2D eigenvalue weighted by Gasteiger charge is -2.03. The van der Waals surface area contributed by atoms with Gasteiger partial charge in [-0.3, -0.25) is 14.3 Å². The molecule has 3 aromatic rings. The number of hydrogen-bond acceptors (Lipinski definition) is 5. The van der Waals surface area contributed by atoms with Crippen LogP contribution in [0.3, 0.4) is 0 Å². The van der Waals surface area contributed by atoms with E-state index >= 15 is 0 Å². The van der Waals surface area contributed by atoms with Crippen molar-refractivity contribution in [1.29, 1.82) is 0 Å². The molecule has 0 radical (unpaired) electrons. The maximum absolute atomic E-state index is 12.3. The molecular weight excluding hydrogens is 326 g/mol. The average Bonchev–Trinajstić information content (AvgIpc) is 3.01. The van der Waals surface area contributed by atoms with Gasteiger partial charge in [-0.25, -0.2) is 4.79 Å². The number of aromatic nitrogens is 2. The summed E-state index contributed by atoms with van der Waals surface area (Å²) in [5.41, 5.74) is 0.00515. The Kier molecular flexibility index (Phi) is 4.60. The van der Waals surface area contributed by atoms with Crippen molar-refractivity contribution in [1.82, 2.24) is 9.78 Å². The first-order chi connectivity index (χ1) is 12.0. The number of anilines is 1. The van der Waals surface area contributed by atoms with Crippen molar-refractivity contribution in [2.45, 2.75) is 19.4 Å². The van der Waals surface area contributed by atoms with E-state index < -0.39 is 17.5 Å². The minimum Gasteiger partial charge on any atom is -0.481 e. The average molecular weight is 341 g/mol. The van der Waals surface area contributed by atoms with Gasteiger partial charge >= 0.3 is 11.6 Å². The summed E-state index contributed by atoms with van der Waals surface area (Å²) >= 11 is 0. The Morgan fingerprint density at radius 2 is 2.08 bits per heavy atom. The SMILES string of the molecule is O=C(O)CCCn1cc(NC(=O)c2cc3ccccc3oc2=O)cn1. The fourth-order valence-corrected chi connectivity index (χ4v) is 2.36. The smallest absolute Gasteiger partial charge is 0.349 e. The van der Waals surface area contributed by atoms with Crippen LogP contribution in [0.1, 0.15) is 23.2 Å². The first-order valence-electron chi connectivity index (χ1n) is 7.61. The summed E-state index contributed by atoms with van der Waals surface area (Å²) in [6.07, 6.45) is 3.47. The van der Waals surface area contributed by atoms with Crippen LogP contribution in [0, 0.1) is 0 Å². The molecule has 0 unspecified atom stereocenters. The van der Waals surface area contributed by atoms with Gasteiger partial charge in [-0.2, -0.15) is 5.10 Å². The number of carboxylic acids is 1. The van der Waals surface area contributed by atoms with E-state index in [1.54, 1.807) is 30.5 Å². The quantitative estimate of drug-likeness (QED) is 0.664. The summed E-state index contributed by atoms with van der Waals surface area (Å²) in [7, 11) is 0. The van der Waals surface area contributed by atoms with Crippen molar-refractivity contribution < 1.29 is 19.1 Å². The van der Waals surface area contributed by atoms with E-state index in [1.807, 2.05) is 0 Å². The van der Waals surface area contributed by atoms with Crippen LogP contribution in [-0.4, -0.2) is 26.8 Å². The van der Waals surface area contributed by atoms with Crippen molar-refractivity contribution >= 4 is 28.5 Å². The molecule has 0 spiro atoms. The number of rotatable bonds is 6. The van der Waals surface area contributed by atoms with Crippen LogP contribution < -0.4 is 10.9 Å². The molecule has 0 fully saturated rings. The number of nitrogens with zero attached hydrogens (tertiary/aromatic N) is 2.